The summed E-state index contributed by atoms with van der Waals surface area (Å²) in [6.45, 7) is 0. The molecule has 0 aliphatic heterocycles. The van der Waals surface area contributed by atoms with E-state index in [2.05, 4.69) is 26.2 Å². The smallest absolute Gasteiger partial charge is 0.266 e. The number of hydrogen-bond donors (Lipinski definition) is 1. The van der Waals surface area contributed by atoms with Crippen LogP contribution in [0.4, 0.5) is 5.82 Å². The predicted octanol–water partition coefficient (Wildman–Crippen LogP) is 4.31. The maximum atomic E-state index is 12.2. The van der Waals surface area contributed by atoms with Gasteiger partial charge in [-0.15, -0.1) is 11.3 Å². The van der Waals surface area contributed by atoms with Gasteiger partial charge >= 0.3 is 0 Å². The highest BCUT2D eigenvalue weighted by Gasteiger charge is 2.12. The van der Waals surface area contributed by atoms with Crippen molar-refractivity contribution in [1.82, 2.24) is 4.98 Å². The summed E-state index contributed by atoms with van der Waals surface area (Å²) in [5.41, 5.74) is 0. The van der Waals surface area contributed by atoms with Crippen molar-refractivity contribution >= 4 is 49.1 Å². The van der Waals surface area contributed by atoms with E-state index in [0.717, 1.165) is 14.6 Å². The highest BCUT2D eigenvalue weighted by molar-refractivity contribution is 9.10. The summed E-state index contributed by atoms with van der Waals surface area (Å²) in [5, 5.41) is 3.88. The zero-order valence-electron chi connectivity index (χ0n) is 9.76. The van der Waals surface area contributed by atoms with Crippen molar-refractivity contribution in [3.05, 3.63) is 58.0 Å². The molecule has 0 bridgehead atoms. The molecule has 3 rings (SSSR count). The van der Waals surface area contributed by atoms with Crippen LogP contribution in [0.2, 0.25) is 0 Å². The minimum absolute atomic E-state index is 0.138. The number of benzene rings is 1. The Bertz CT molecular complexity index is 721. The molecule has 3 aromatic rings. The maximum absolute atomic E-state index is 12.2. The van der Waals surface area contributed by atoms with Crippen LogP contribution < -0.4 is 5.32 Å². The van der Waals surface area contributed by atoms with Gasteiger partial charge in [0.25, 0.3) is 5.91 Å². The molecule has 19 heavy (non-hydrogen) atoms. The lowest BCUT2D eigenvalue weighted by Gasteiger charge is -2.03. The van der Waals surface area contributed by atoms with Crippen molar-refractivity contribution in [3.8, 4) is 0 Å². The van der Waals surface area contributed by atoms with E-state index in [1.165, 1.54) is 11.3 Å². The summed E-state index contributed by atoms with van der Waals surface area (Å²) in [6.07, 6.45) is 1.64. The van der Waals surface area contributed by atoms with Crippen LogP contribution in [-0.4, -0.2) is 10.9 Å². The number of pyridine rings is 1. The highest BCUT2D eigenvalue weighted by atomic mass is 79.9. The molecule has 1 N–H and O–H groups in total. The average Bonchev–Trinajstić information content (AvgIpc) is 2.85. The van der Waals surface area contributed by atoms with Crippen LogP contribution in [0.3, 0.4) is 0 Å². The molecule has 2 heterocycles. The normalized spacial score (nSPS) is 10.6. The first-order chi connectivity index (χ1) is 9.24. The average molecular weight is 333 g/mol. The Kier molecular flexibility index (Phi) is 3.31. The van der Waals surface area contributed by atoms with Gasteiger partial charge in [0.15, 0.2) is 0 Å². The highest BCUT2D eigenvalue weighted by Crippen LogP contribution is 2.26. The molecule has 1 amide bonds. The topological polar surface area (TPSA) is 42.0 Å². The molecule has 3 nitrogen and oxygen atoms in total. The van der Waals surface area contributed by atoms with E-state index in [1.807, 2.05) is 36.4 Å². The van der Waals surface area contributed by atoms with Crippen LogP contribution in [0.5, 0.6) is 0 Å². The van der Waals surface area contributed by atoms with E-state index in [4.69, 9.17) is 0 Å². The molecule has 0 saturated carbocycles. The number of hydrogen-bond acceptors (Lipinski definition) is 3. The van der Waals surface area contributed by atoms with Crippen molar-refractivity contribution in [1.29, 1.82) is 0 Å². The monoisotopic (exact) mass is 332 g/mol. The molecule has 0 unspecified atom stereocenters. The largest absolute Gasteiger partial charge is 0.305 e. The lowest BCUT2D eigenvalue weighted by Crippen LogP contribution is -2.11. The molecule has 0 radical (unpaired) electrons. The SMILES string of the molecule is O=C(Nc1ncccc1Br)c1cc2ccccc2s1. The molecule has 0 aliphatic rings. The second-order valence-corrected chi connectivity index (χ2v) is 5.87. The van der Waals surface area contributed by atoms with E-state index in [9.17, 15) is 4.79 Å². The molecule has 0 atom stereocenters. The molecule has 94 valence electrons. The van der Waals surface area contributed by atoms with Crippen molar-refractivity contribution in [2.75, 3.05) is 5.32 Å². The van der Waals surface area contributed by atoms with Gasteiger partial charge in [0, 0.05) is 10.9 Å². The molecule has 0 aliphatic carbocycles. The summed E-state index contributed by atoms with van der Waals surface area (Å²) in [4.78, 5) is 17.0. The third-order valence-electron chi connectivity index (χ3n) is 2.64. The van der Waals surface area contributed by atoms with E-state index >= 15 is 0 Å². The van der Waals surface area contributed by atoms with Gasteiger partial charge in [-0.25, -0.2) is 4.98 Å². The third kappa shape index (κ3) is 2.52. The number of aromatic nitrogens is 1. The number of nitrogens with zero attached hydrogens (tertiary/aromatic N) is 1. The Labute approximate surface area is 122 Å². The zero-order valence-corrected chi connectivity index (χ0v) is 12.2. The second kappa shape index (κ2) is 5.11. The summed E-state index contributed by atoms with van der Waals surface area (Å²) in [5.74, 6) is 0.394. The predicted molar refractivity (Wildman–Crippen MR) is 81.7 cm³/mol. The quantitative estimate of drug-likeness (QED) is 0.759. The van der Waals surface area contributed by atoms with Crippen LogP contribution in [0.1, 0.15) is 9.67 Å². The first-order valence-corrected chi connectivity index (χ1v) is 7.25. The summed E-state index contributed by atoms with van der Waals surface area (Å²) >= 11 is 4.83. The number of rotatable bonds is 2. The summed E-state index contributed by atoms with van der Waals surface area (Å²) < 4.78 is 1.87. The van der Waals surface area contributed by atoms with Crippen LogP contribution >= 0.6 is 27.3 Å². The number of halogens is 1. The number of thiophene rings is 1. The maximum Gasteiger partial charge on any atom is 0.266 e. The molecule has 2 aromatic heterocycles. The Morgan fingerprint density at radius 1 is 1.21 bits per heavy atom. The lowest BCUT2D eigenvalue weighted by molar-refractivity contribution is 0.103. The van der Waals surface area contributed by atoms with Crippen LogP contribution in [0.15, 0.2) is 53.1 Å². The lowest BCUT2D eigenvalue weighted by atomic mass is 10.2. The van der Waals surface area contributed by atoms with E-state index in [1.54, 1.807) is 12.3 Å². The van der Waals surface area contributed by atoms with Gasteiger partial charge in [0.1, 0.15) is 5.82 Å². The third-order valence-corrected chi connectivity index (χ3v) is 4.39. The van der Waals surface area contributed by atoms with Crippen molar-refractivity contribution in [3.63, 3.8) is 0 Å². The first-order valence-electron chi connectivity index (χ1n) is 5.64. The zero-order chi connectivity index (χ0) is 13.2. The van der Waals surface area contributed by atoms with E-state index in [-0.39, 0.29) is 5.91 Å². The second-order valence-electron chi connectivity index (χ2n) is 3.94. The first kappa shape index (κ1) is 12.3. The van der Waals surface area contributed by atoms with Crippen molar-refractivity contribution in [2.45, 2.75) is 0 Å². The fourth-order valence-corrected chi connectivity index (χ4v) is 3.05. The molecular weight excluding hydrogens is 324 g/mol. The molecular formula is C14H9BrN2OS. The number of nitrogens with one attached hydrogen (secondary N) is 1. The Balaban J connectivity index is 1.90. The van der Waals surface area contributed by atoms with Crippen LogP contribution in [-0.2, 0) is 0 Å². The fraction of sp³-hybridized carbons (Fsp3) is 0. The minimum Gasteiger partial charge on any atom is -0.305 e. The van der Waals surface area contributed by atoms with Crippen LogP contribution in [0, 0.1) is 0 Å². The Morgan fingerprint density at radius 3 is 2.84 bits per heavy atom. The van der Waals surface area contributed by atoms with Gasteiger partial charge in [-0.3, -0.25) is 4.79 Å². The van der Waals surface area contributed by atoms with E-state index < -0.39 is 0 Å². The van der Waals surface area contributed by atoms with Gasteiger partial charge in [-0.05, 0) is 45.6 Å². The Hall–Kier alpha value is -1.72. The van der Waals surface area contributed by atoms with Gasteiger partial charge in [-0.2, -0.15) is 0 Å². The number of carbonyl (C=O) groups is 1. The summed E-state index contributed by atoms with van der Waals surface area (Å²) in [6, 6.07) is 13.5. The van der Waals surface area contributed by atoms with Gasteiger partial charge in [-0.1, -0.05) is 18.2 Å². The summed E-state index contributed by atoms with van der Waals surface area (Å²) in [7, 11) is 0. The van der Waals surface area contributed by atoms with Crippen molar-refractivity contribution < 1.29 is 4.79 Å². The van der Waals surface area contributed by atoms with E-state index in [0.29, 0.717) is 10.7 Å². The molecule has 5 heteroatoms. The number of amides is 1. The molecule has 0 saturated heterocycles. The fourth-order valence-electron chi connectivity index (χ4n) is 1.74. The van der Waals surface area contributed by atoms with Crippen molar-refractivity contribution in [2.24, 2.45) is 0 Å². The number of carbonyl (C=O) groups excluding carboxylic acids is 1. The van der Waals surface area contributed by atoms with Crippen LogP contribution in [0.25, 0.3) is 10.1 Å². The minimum atomic E-state index is -0.138. The van der Waals surface area contributed by atoms with Gasteiger partial charge < -0.3 is 5.32 Å². The molecule has 0 spiro atoms. The standard InChI is InChI=1S/C14H9BrN2OS/c15-10-5-3-7-16-13(10)17-14(18)12-8-9-4-1-2-6-11(9)19-12/h1-8H,(H,16,17,18). The van der Waals surface area contributed by atoms with Gasteiger partial charge in [0.2, 0.25) is 0 Å². The molecule has 0 fully saturated rings. The Morgan fingerprint density at radius 2 is 2.05 bits per heavy atom. The van der Waals surface area contributed by atoms with Gasteiger partial charge in [0.05, 0.1) is 9.35 Å². The molecule has 1 aromatic carbocycles. The number of fused-ring (bicyclic) bond motifs is 1. The number of anilines is 1.